The lowest BCUT2D eigenvalue weighted by molar-refractivity contribution is -0.552. The van der Waals surface area contributed by atoms with Gasteiger partial charge in [0, 0.05) is 4.92 Å². The van der Waals surface area contributed by atoms with Crippen LogP contribution in [-0.4, -0.2) is 57.2 Å². The number of cyclic esters (lactones) is 1. The molecule has 0 aliphatic carbocycles. The molecule has 1 fully saturated rings. The highest BCUT2D eigenvalue weighted by Gasteiger charge is 2.51. The van der Waals surface area contributed by atoms with Crippen LogP contribution in [0.5, 0.6) is 0 Å². The van der Waals surface area contributed by atoms with E-state index >= 15 is 0 Å². The van der Waals surface area contributed by atoms with Crippen LogP contribution in [0.2, 0.25) is 0 Å². The monoisotopic (exact) mass is 207 g/mol. The first-order valence-electron chi connectivity index (χ1n) is 3.80. The summed E-state index contributed by atoms with van der Waals surface area (Å²) in [4.78, 5) is 20.3. The van der Waals surface area contributed by atoms with Crippen LogP contribution in [0.25, 0.3) is 0 Å². The highest BCUT2D eigenvalue weighted by Crippen LogP contribution is 2.18. The number of rotatable bonds is 2. The normalized spacial score (nSPS) is 37.8. The first-order chi connectivity index (χ1) is 6.49. The quantitative estimate of drug-likeness (QED) is 0.254. The molecule has 0 amide bonds. The Balaban J connectivity index is 2.88. The lowest BCUT2D eigenvalue weighted by atomic mass is 9.98. The Labute approximate surface area is 77.9 Å². The molecule has 4 atom stereocenters. The number of hydrogen-bond acceptors (Lipinski definition) is 7. The highest BCUT2D eigenvalue weighted by atomic mass is 16.6. The minimum absolute atomic E-state index is 0.777. The molecule has 8 heteroatoms. The maximum atomic E-state index is 10.8. The van der Waals surface area contributed by atoms with Crippen molar-refractivity contribution in [2.75, 3.05) is 6.61 Å². The second-order valence-corrected chi connectivity index (χ2v) is 2.87. The number of aliphatic hydroxyl groups is 3. The number of aliphatic hydroxyl groups excluding tert-OH is 3. The molecule has 1 saturated heterocycles. The Morgan fingerprint density at radius 2 is 2.07 bits per heavy atom. The topological polar surface area (TPSA) is 130 Å². The van der Waals surface area contributed by atoms with Gasteiger partial charge in [-0.05, 0) is 0 Å². The molecule has 0 aromatic carbocycles. The number of nitrogens with zero attached hydrogens (tertiary/aromatic N) is 1. The van der Waals surface area contributed by atoms with Gasteiger partial charge in [0.25, 0.3) is 6.04 Å². The smallest absolute Gasteiger partial charge is 0.338 e. The summed E-state index contributed by atoms with van der Waals surface area (Å²) in [6.07, 6.45) is -5.22. The van der Waals surface area contributed by atoms with Gasteiger partial charge in [-0.3, -0.25) is 10.1 Å². The molecule has 3 N–H and O–H groups in total. The molecule has 0 spiro atoms. The molecular weight excluding hydrogens is 198 g/mol. The third kappa shape index (κ3) is 1.67. The number of carbonyl (C=O) groups excluding carboxylic acids is 1. The van der Waals surface area contributed by atoms with Crippen LogP contribution in [0.15, 0.2) is 0 Å². The molecule has 8 nitrogen and oxygen atoms in total. The molecule has 0 radical (unpaired) electrons. The van der Waals surface area contributed by atoms with Gasteiger partial charge in [-0.1, -0.05) is 0 Å². The largest absolute Gasteiger partial charge is 0.450 e. The Kier molecular flexibility index (Phi) is 2.99. The van der Waals surface area contributed by atoms with Gasteiger partial charge in [0.15, 0.2) is 18.3 Å². The molecule has 0 bridgehead atoms. The summed E-state index contributed by atoms with van der Waals surface area (Å²) in [5, 5.41) is 37.2. The Hall–Kier alpha value is -1.25. The second kappa shape index (κ2) is 3.86. The predicted molar refractivity (Wildman–Crippen MR) is 39.8 cm³/mol. The number of hydrogen-bond donors (Lipinski definition) is 3. The molecule has 14 heavy (non-hydrogen) atoms. The van der Waals surface area contributed by atoms with Gasteiger partial charge in [0.2, 0.25) is 0 Å². The van der Waals surface area contributed by atoms with E-state index in [1.807, 2.05) is 0 Å². The van der Waals surface area contributed by atoms with Crippen LogP contribution in [0, 0.1) is 10.1 Å². The average molecular weight is 207 g/mol. The van der Waals surface area contributed by atoms with E-state index in [9.17, 15) is 20.0 Å². The molecule has 1 heterocycles. The van der Waals surface area contributed by atoms with Crippen LogP contribution in [0.3, 0.4) is 0 Å². The van der Waals surface area contributed by atoms with E-state index in [1.165, 1.54) is 0 Å². The molecule has 1 aliphatic rings. The lowest BCUT2D eigenvalue weighted by Crippen LogP contribution is -2.59. The van der Waals surface area contributed by atoms with E-state index in [-0.39, 0.29) is 0 Å². The van der Waals surface area contributed by atoms with Crippen LogP contribution >= 0.6 is 0 Å². The van der Waals surface area contributed by atoms with E-state index in [0.717, 1.165) is 0 Å². The van der Waals surface area contributed by atoms with Crippen molar-refractivity contribution in [2.45, 2.75) is 24.4 Å². The van der Waals surface area contributed by atoms with Crippen LogP contribution in [-0.2, 0) is 9.53 Å². The third-order valence-electron chi connectivity index (χ3n) is 1.99. The molecule has 0 unspecified atom stereocenters. The van der Waals surface area contributed by atoms with Crippen molar-refractivity contribution >= 4 is 5.97 Å². The van der Waals surface area contributed by atoms with E-state index in [0.29, 0.717) is 0 Å². The predicted octanol–water partition coefficient (Wildman–Crippen LogP) is -2.73. The summed E-state index contributed by atoms with van der Waals surface area (Å²) >= 11 is 0. The van der Waals surface area contributed by atoms with Gasteiger partial charge in [-0.25, -0.2) is 4.79 Å². The molecular formula is C6H9NO7. The van der Waals surface area contributed by atoms with Crippen molar-refractivity contribution in [1.29, 1.82) is 0 Å². The minimum atomic E-state index is -1.94. The molecule has 80 valence electrons. The first kappa shape index (κ1) is 10.8. The van der Waals surface area contributed by atoms with Gasteiger partial charge in [0.1, 0.15) is 0 Å². The van der Waals surface area contributed by atoms with Crippen molar-refractivity contribution < 1.29 is 29.8 Å². The summed E-state index contributed by atoms with van der Waals surface area (Å²) in [7, 11) is 0. The van der Waals surface area contributed by atoms with Crippen molar-refractivity contribution in [3.8, 4) is 0 Å². The van der Waals surface area contributed by atoms with Crippen molar-refractivity contribution in [2.24, 2.45) is 0 Å². The van der Waals surface area contributed by atoms with E-state index in [1.54, 1.807) is 0 Å². The second-order valence-electron chi connectivity index (χ2n) is 2.87. The molecule has 1 aliphatic heterocycles. The summed E-state index contributed by atoms with van der Waals surface area (Å²) in [5.74, 6) is -1.17. The lowest BCUT2D eigenvalue weighted by Gasteiger charge is -2.30. The van der Waals surface area contributed by atoms with Gasteiger partial charge < -0.3 is 20.1 Å². The van der Waals surface area contributed by atoms with Gasteiger partial charge in [-0.2, -0.15) is 0 Å². The summed E-state index contributed by atoms with van der Waals surface area (Å²) in [6.45, 7) is -0.777. The van der Waals surface area contributed by atoms with Crippen LogP contribution in [0.1, 0.15) is 0 Å². The van der Waals surface area contributed by atoms with Gasteiger partial charge in [0.05, 0.1) is 6.61 Å². The van der Waals surface area contributed by atoms with E-state index in [2.05, 4.69) is 4.74 Å². The fourth-order valence-corrected chi connectivity index (χ4v) is 1.24. The zero-order chi connectivity index (χ0) is 10.9. The number of carbonyl (C=O) groups is 1. The zero-order valence-corrected chi connectivity index (χ0v) is 6.94. The Bertz CT molecular complexity index is 253. The van der Waals surface area contributed by atoms with Crippen molar-refractivity contribution in [3.63, 3.8) is 0 Å². The fraction of sp³-hybridized carbons (Fsp3) is 0.833. The van der Waals surface area contributed by atoms with Crippen LogP contribution < -0.4 is 0 Å². The van der Waals surface area contributed by atoms with Gasteiger partial charge in [-0.15, -0.1) is 0 Å². The molecule has 0 saturated carbocycles. The highest BCUT2D eigenvalue weighted by molar-refractivity contribution is 5.76. The summed E-state index contributed by atoms with van der Waals surface area (Å²) in [6, 6.07) is -1.70. The minimum Gasteiger partial charge on any atom is -0.450 e. The molecule has 1 rings (SSSR count). The Morgan fingerprint density at radius 3 is 2.50 bits per heavy atom. The first-order valence-corrected chi connectivity index (χ1v) is 3.80. The number of nitro groups is 1. The van der Waals surface area contributed by atoms with Gasteiger partial charge >= 0.3 is 5.97 Å². The maximum absolute atomic E-state index is 10.8. The maximum Gasteiger partial charge on any atom is 0.338 e. The summed E-state index contributed by atoms with van der Waals surface area (Å²) in [5.41, 5.74) is 0. The van der Waals surface area contributed by atoms with Crippen molar-refractivity contribution in [1.82, 2.24) is 0 Å². The van der Waals surface area contributed by atoms with E-state index in [4.69, 9.17) is 10.2 Å². The fourth-order valence-electron chi connectivity index (χ4n) is 1.24. The van der Waals surface area contributed by atoms with Crippen molar-refractivity contribution in [3.05, 3.63) is 10.1 Å². The molecule has 0 aromatic rings. The Morgan fingerprint density at radius 1 is 1.50 bits per heavy atom. The van der Waals surface area contributed by atoms with Crippen LogP contribution in [0.4, 0.5) is 0 Å². The zero-order valence-electron chi connectivity index (χ0n) is 6.94. The standard InChI is InChI=1S/C6H9NO7/c8-1-2-3(7(12)13)4(9)5(10)6(11)14-2/h2-5,8-10H,1H2/t2-,3-,4+,5-/m1/s1. The number of ether oxygens (including phenoxy) is 1. The average Bonchev–Trinajstić information content (AvgIpc) is 2.12. The summed E-state index contributed by atoms with van der Waals surface area (Å²) < 4.78 is 4.35. The number of esters is 1. The third-order valence-corrected chi connectivity index (χ3v) is 1.99. The van der Waals surface area contributed by atoms with E-state index < -0.39 is 41.9 Å². The SMILES string of the molecule is O=C1O[C@H](CO)[C@@H]([N+](=O)[O-])[C@H](O)[C@H]1O. The molecule has 0 aromatic heterocycles.